The zero-order valence-electron chi connectivity index (χ0n) is 14.0. The topological polar surface area (TPSA) is 29.5 Å². The van der Waals surface area contributed by atoms with Crippen molar-refractivity contribution < 1.29 is 9.53 Å². The smallest absolute Gasteiger partial charge is 0.259 e. The van der Waals surface area contributed by atoms with Gasteiger partial charge < -0.3 is 4.74 Å². The zero-order valence-corrected chi connectivity index (χ0v) is 14.0. The molecule has 1 aliphatic heterocycles. The lowest BCUT2D eigenvalue weighted by molar-refractivity contribution is 0.0970. The molecule has 1 heterocycles. The van der Waals surface area contributed by atoms with Crippen molar-refractivity contribution in [2.75, 3.05) is 12.0 Å². The molecule has 0 aromatic heterocycles. The van der Waals surface area contributed by atoms with E-state index in [-0.39, 0.29) is 5.91 Å². The van der Waals surface area contributed by atoms with E-state index < -0.39 is 5.54 Å². The van der Waals surface area contributed by atoms with E-state index in [9.17, 15) is 4.79 Å². The summed E-state index contributed by atoms with van der Waals surface area (Å²) in [5, 5.41) is 0. The summed E-state index contributed by atoms with van der Waals surface area (Å²) in [6, 6.07) is 15.3. The van der Waals surface area contributed by atoms with Crippen LogP contribution < -0.4 is 9.64 Å². The molecular weight excluding hydrogens is 286 g/mol. The molecule has 2 aromatic carbocycles. The summed E-state index contributed by atoms with van der Waals surface area (Å²) in [4.78, 5) is 15.0. The molecule has 0 saturated heterocycles. The van der Waals surface area contributed by atoms with Crippen LogP contribution in [0.15, 0.2) is 54.6 Å². The number of ether oxygens (including phenoxy) is 1. The number of carbonyl (C=O) groups excluding carboxylic acids is 1. The molecule has 2 aromatic rings. The van der Waals surface area contributed by atoms with Crippen LogP contribution in [0.25, 0.3) is 5.57 Å². The van der Waals surface area contributed by atoms with E-state index >= 15 is 0 Å². The highest BCUT2D eigenvalue weighted by atomic mass is 16.5. The van der Waals surface area contributed by atoms with E-state index in [1.807, 2.05) is 53.4 Å². The maximum atomic E-state index is 13.1. The van der Waals surface area contributed by atoms with Crippen LogP contribution in [0.5, 0.6) is 5.75 Å². The molecule has 3 rings (SSSR count). The van der Waals surface area contributed by atoms with Gasteiger partial charge in [-0.25, -0.2) is 0 Å². The third-order valence-corrected chi connectivity index (χ3v) is 4.24. The Hall–Kier alpha value is -2.55. The van der Waals surface area contributed by atoms with Crippen molar-refractivity contribution in [3.8, 4) is 5.75 Å². The Morgan fingerprint density at radius 1 is 1.09 bits per heavy atom. The molecular formula is C20H21NO2. The lowest BCUT2D eigenvalue weighted by Gasteiger charge is -2.41. The Morgan fingerprint density at radius 2 is 1.78 bits per heavy atom. The number of hydrogen-bond donors (Lipinski definition) is 0. The lowest BCUT2D eigenvalue weighted by atomic mass is 9.88. The summed E-state index contributed by atoms with van der Waals surface area (Å²) < 4.78 is 5.36. The van der Waals surface area contributed by atoms with Gasteiger partial charge in [-0.3, -0.25) is 9.69 Å². The third-order valence-electron chi connectivity index (χ3n) is 4.24. The summed E-state index contributed by atoms with van der Waals surface area (Å²) >= 11 is 0. The fourth-order valence-corrected chi connectivity index (χ4v) is 3.22. The molecule has 1 aliphatic rings. The van der Waals surface area contributed by atoms with E-state index in [4.69, 9.17) is 4.74 Å². The Morgan fingerprint density at radius 3 is 2.43 bits per heavy atom. The van der Waals surface area contributed by atoms with Crippen molar-refractivity contribution in [3.63, 3.8) is 0 Å². The van der Waals surface area contributed by atoms with Crippen molar-refractivity contribution in [1.29, 1.82) is 0 Å². The van der Waals surface area contributed by atoms with Crippen molar-refractivity contribution in [1.82, 2.24) is 0 Å². The number of nitrogens with zero attached hydrogens (tertiary/aromatic N) is 1. The molecule has 0 spiro atoms. The van der Waals surface area contributed by atoms with Gasteiger partial charge in [0, 0.05) is 17.2 Å². The minimum absolute atomic E-state index is 0.00569. The highest BCUT2D eigenvalue weighted by Crippen LogP contribution is 2.41. The Balaban J connectivity index is 2.17. The van der Waals surface area contributed by atoms with Gasteiger partial charge in [0.2, 0.25) is 0 Å². The van der Waals surface area contributed by atoms with Crippen LogP contribution in [-0.2, 0) is 0 Å². The van der Waals surface area contributed by atoms with E-state index in [0.29, 0.717) is 5.56 Å². The van der Waals surface area contributed by atoms with E-state index in [0.717, 1.165) is 17.0 Å². The molecule has 0 saturated carbocycles. The molecule has 0 N–H and O–H groups in total. The minimum atomic E-state index is -0.406. The molecule has 3 heteroatoms. The van der Waals surface area contributed by atoms with Gasteiger partial charge in [-0.1, -0.05) is 24.3 Å². The number of amides is 1. The zero-order chi connectivity index (χ0) is 16.6. The normalized spacial score (nSPS) is 15.7. The quantitative estimate of drug-likeness (QED) is 0.815. The molecule has 0 aliphatic carbocycles. The van der Waals surface area contributed by atoms with Crippen LogP contribution in [0, 0.1) is 0 Å². The Kier molecular flexibility index (Phi) is 3.72. The number of anilines is 1. The third kappa shape index (κ3) is 2.63. The number of rotatable bonds is 2. The number of hydrogen-bond acceptors (Lipinski definition) is 2. The maximum absolute atomic E-state index is 13.1. The predicted molar refractivity (Wildman–Crippen MR) is 94.0 cm³/mol. The molecule has 0 radical (unpaired) electrons. The first-order valence-corrected chi connectivity index (χ1v) is 7.71. The number of allylic oxidation sites excluding steroid dienone is 1. The number of benzene rings is 2. The van der Waals surface area contributed by atoms with Crippen molar-refractivity contribution >= 4 is 17.2 Å². The molecule has 118 valence electrons. The summed E-state index contributed by atoms with van der Waals surface area (Å²) in [6.07, 6.45) is 2.14. The van der Waals surface area contributed by atoms with Gasteiger partial charge in [0.15, 0.2) is 0 Å². The van der Waals surface area contributed by atoms with E-state index in [2.05, 4.69) is 26.8 Å². The van der Waals surface area contributed by atoms with Gasteiger partial charge >= 0.3 is 0 Å². The van der Waals surface area contributed by atoms with Crippen LogP contribution in [0.1, 0.15) is 36.7 Å². The summed E-state index contributed by atoms with van der Waals surface area (Å²) in [5.74, 6) is 0.744. The van der Waals surface area contributed by atoms with Gasteiger partial charge in [-0.15, -0.1) is 0 Å². The van der Waals surface area contributed by atoms with Crippen LogP contribution in [0.4, 0.5) is 5.69 Å². The van der Waals surface area contributed by atoms with E-state index in [1.165, 1.54) is 5.57 Å². The number of carbonyl (C=O) groups is 1. The lowest BCUT2D eigenvalue weighted by Crippen LogP contribution is -2.49. The van der Waals surface area contributed by atoms with E-state index in [1.54, 1.807) is 7.11 Å². The van der Waals surface area contributed by atoms with Gasteiger partial charge in [0.05, 0.1) is 18.3 Å². The van der Waals surface area contributed by atoms with Crippen LogP contribution in [-0.4, -0.2) is 18.6 Å². The summed E-state index contributed by atoms with van der Waals surface area (Å²) in [6.45, 7) is 6.19. The second-order valence-corrected chi connectivity index (χ2v) is 6.37. The van der Waals surface area contributed by atoms with Gasteiger partial charge in [0.25, 0.3) is 5.91 Å². The average molecular weight is 307 g/mol. The molecule has 0 fully saturated rings. The Bertz CT molecular complexity index is 775. The van der Waals surface area contributed by atoms with Gasteiger partial charge in [0.1, 0.15) is 5.75 Å². The van der Waals surface area contributed by atoms with Crippen LogP contribution >= 0.6 is 0 Å². The monoisotopic (exact) mass is 307 g/mol. The Labute approximate surface area is 137 Å². The van der Waals surface area contributed by atoms with Crippen molar-refractivity contribution in [2.24, 2.45) is 0 Å². The minimum Gasteiger partial charge on any atom is -0.497 e. The largest absolute Gasteiger partial charge is 0.497 e. The fraction of sp³-hybridized carbons (Fsp3) is 0.250. The van der Waals surface area contributed by atoms with Crippen LogP contribution in [0.2, 0.25) is 0 Å². The second kappa shape index (κ2) is 5.58. The average Bonchev–Trinajstić information content (AvgIpc) is 2.54. The molecule has 0 atom stereocenters. The SMILES string of the molecule is COc1ccc2c(c1)N(C(=O)c1ccccc1)C(C)(C)C=C2C. The van der Waals surface area contributed by atoms with Crippen molar-refractivity contribution in [3.05, 3.63) is 65.7 Å². The van der Waals surface area contributed by atoms with Crippen molar-refractivity contribution in [2.45, 2.75) is 26.3 Å². The fourth-order valence-electron chi connectivity index (χ4n) is 3.22. The number of methoxy groups -OCH3 is 1. The standard InChI is InChI=1S/C20H21NO2/c1-14-13-20(2,3)21(19(22)15-8-6-5-7-9-15)18-12-16(23-4)10-11-17(14)18/h5-13H,1-4H3. The highest BCUT2D eigenvalue weighted by molar-refractivity contribution is 6.10. The molecule has 0 unspecified atom stereocenters. The summed E-state index contributed by atoms with van der Waals surface area (Å²) in [7, 11) is 1.64. The first-order valence-electron chi connectivity index (χ1n) is 7.71. The molecule has 1 amide bonds. The maximum Gasteiger partial charge on any atom is 0.259 e. The first-order chi connectivity index (χ1) is 10.9. The van der Waals surface area contributed by atoms with Gasteiger partial charge in [-0.2, -0.15) is 0 Å². The second-order valence-electron chi connectivity index (χ2n) is 6.37. The van der Waals surface area contributed by atoms with Crippen LogP contribution in [0.3, 0.4) is 0 Å². The molecule has 23 heavy (non-hydrogen) atoms. The summed E-state index contributed by atoms with van der Waals surface area (Å²) in [5.41, 5.74) is 3.40. The first kappa shape index (κ1) is 15.3. The predicted octanol–water partition coefficient (Wildman–Crippen LogP) is 4.54. The number of fused-ring (bicyclic) bond motifs is 1. The van der Waals surface area contributed by atoms with Gasteiger partial charge in [-0.05, 0) is 50.6 Å². The highest BCUT2D eigenvalue weighted by Gasteiger charge is 2.36. The molecule has 3 nitrogen and oxygen atoms in total. The molecule has 0 bridgehead atoms.